The van der Waals surface area contributed by atoms with Gasteiger partial charge in [-0.2, -0.15) is 0 Å². The topological polar surface area (TPSA) is 44.8 Å². The van der Waals surface area contributed by atoms with Crippen molar-refractivity contribution in [1.82, 2.24) is 0 Å². The van der Waals surface area contributed by atoms with Crippen molar-refractivity contribution in [1.29, 1.82) is 0 Å². The first-order chi connectivity index (χ1) is 9.70. The smallest absolute Gasteiger partial charge is 0.394 e. The van der Waals surface area contributed by atoms with Crippen LogP contribution < -0.4 is 9.05 Å². The summed E-state index contributed by atoms with van der Waals surface area (Å²) in [5.41, 5.74) is 0. The van der Waals surface area contributed by atoms with Gasteiger partial charge >= 0.3 is 7.82 Å². The average molecular weight is 308 g/mol. The summed E-state index contributed by atoms with van der Waals surface area (Å²) in [6.45, 7) is 1.99. The molecule has 4 nitrogen and oxygen atoms in total. The highest BCUT2D eigenvalue weighted by molar-refractivity contribution is 7.99. The fourth-order valence-electron chi connectivity index (χ4n) is 1.81. The van der Waals surface area contributed by atoms with Crippen molar-refractivity contribution in [3.05, 3.63) is 48.5 Å². The molecule has 0 unspecified atom stereocenters. The number of fused-ring (bicyclic) bond motifs is 2. The zero-order valence-corrected chi connectivity index (χ0v) is 12.5. The molecule has 0 saturated heterocycles. The summed E-state index contributed by atoms with van der Waals surface area (Å²) in [6.07, 6.45) is 0. The largest absolute Gasteiger partial charge is 0.587 e. The van der Waals surface area contributed by atoms with Crippen LogP contribution in [-0.2, 0) is 9.09 Å². The van der Waals surface area contributed by atoms with E-state index in [4.69, 9.17) is 13.6 Å². The molecule has 104 valence electrons. The summed E-state index contributed by atoms with van der Waals surface area (Å²) in [4.78, 5) is 1.76. The van der Waals surface area contributed by atoms with Gasteiger partial charge in [0.25, 0.3) is 0 Å². The normalized spacial score (nSPS) is 15.8. The molecule has 0 spiro atoms. The van der Waals surface area contributed by atoms with E-state index < -0.39 is 7.82 Å². The van der Waals surface area contributed by atoms with Crippen LogP contribution in [0.5, 0.6) is 11.5 Å². The molecule has 1 aliphatic heterocycles. The second-order valence-electron chi connectivity index (χ2n) is 4.04. The Morgan fingerprint density at radius 1 is 1.00 bits per heavy atom. The molecule has 0 amide bonds. The van der Waals surface area contributed by atoms with Gasteiger partial charge in [0.1, 0.15) is 11.5 Å². The summed E-state index contributed by atoms with van der Waals surface area (Å²) in [7, 11) is -3.66. The molecule has 0 aliphatic carbocycles. The predicted octanol–water partition coefficient (Wildman–Crippen LogP) is 4.75. The van der Waals surface area contributed by atoms with Gasteiger partial charge in [0, 0.05) is 0 Å². The van der Waals surface area contributed by atoms with Crippen molar-refractivity contribution >= 4 is 19.6 Å². The number of phosphoric acid groups is 1. The molecule has 3 rings (SSSR count). The summed E-state index contributed by atoms with van der Waals surface area (Å²) in [5, 5.41) is 0. The van der Waals surface area contributed by atoms with Gasteiger partial charge < -0.3 is 9.05 Å². The lowest BCUT2D eigenvalue weighted by atomic mass is 10.3. The SMILES string of the molecule is CCOP1(=O)Oc2ccccc2Sc2ccccc2O1. The van der Waals surface area contributed by atoms with E-state index in [1.807, 2.05) is 36.4 Å². The first-order valence-corrected chi connectivity index (χ1v) is 8.47. The Bertz CT molecular complexity index is 622. The number of benzene rings is 2. The lowest BCUT2D eigenvalue weighted by molar-refractivity contribution is 0.216. The number of rotatable bonds is 2. The quantitative estimate of drug-likeness (QED) is 0.749. The minimum absolute atomic E-state index is 0.245. The van der Waals surface area contributed by atoms with Crippen LogP contribution in [0.3, 0.4) is 0 Å². The molecule has 0 N–H and O–H groups in total. The van der Waals surface area contributed by atoms with E-state index in [1.54, 1.807) is 19.1 Å². The maximum absolute atomic E-state index is 12.7. The van der Waals surface area contributed by atoms with E-state index in [0.29, 0.717) is 11.5 Å². The van der Waals surface area contributed by atoms with Gasteiger partial charge in [-0.1, -0.05) is 36.0 Å². The zero-order chi connectivity index (χ0) is 14.0. The van der Waals surface area contributed by atoms with Crippen LogP contribution in [0.2, 0.25) is 0 Å². The van der Waals surface area contributed by atoms with Gasteiger partial charge in [0.05, 0.1) is 16.4 Å². The molecule has 0 fully saturated rings. The van der Waals surface area contributed by atoms with Crippen molar-refractivity contribution in [2.45, 2.75) is 16.7 Å². The van der Waals surface area contributed by atoms with Crippen LogP contribution in [0.25, 0.3) is 0 Å². The Kier molecular flexibility index (Phi) is 3.74. The Morgan fingerprint density at radius 3 is 2.00 bits per heavy atom. The minimum Gasteiger partial charge on any atom is -0.394 e. The highest BCUT2D eigenvalue weighted by Crippen LogP contribution is 2.55. The number of hydrogen-bond donors (Lipinski definition) is 0. The van der Waals surface area contributed by atoms with Crippen LogP contribution in [0.15, 0.2) is 58.3 Å². The van der Waals surface area contributed by atoms with Crippen molar-refractivity contribution in [2.75, 3.05) is 6.61 Å². The minimum atomic E-state index is -3.66. The van der Waals surface area contributed by atoms with Crippen LogP contribution in [0.1, 0.15) is 6.92 Å². The molecule has 0 bridgehead atoms. The van der Waals surface area contributed by atoms with Crippen LogP contribution in [0.4, 0.5) is 0 Å². The zero-order valence-electron chi connectivity index (χ0n) is 10.8. The number of hydrogen-bond acceptors (Lipinski definition) is 5. The molecule has 0 radical (unpaired) electrons. The van der Waals surface area contributed by atoms with Gasteiger partial charge in [0.2, 0.25) is 0 Å². The lowest BCUT2D eigenvalue weighted by Crippen LogP contribution is -2.07. The van der Waals surface area contributed by atoms with Crippen molar-refractivity contribution in [3.8, 4) is 11.5 Å². The highest BCUT2D eigenvalue weighted by atomic mass is 32.2. The first kappa shape index (κ1) is 13.6. The Morgan fingerprint density at radius 2 is 1.50 bits per heavy atom. The summed E-state index contributed by atoms with van der Waals surface area (Å²) in [5.74, 6) is 1.01. The van der Waals surface area contributed by atoms with Crippen LogP contribution in [0, 0.1) is 0 Å². The van der Waals surface area contributed by atoms with Crippen LogP contribution >= 0.6 is 19.6 Å². The van der Waals surface area contributed by atoms with Crippen LogP contribution in [-0.4, -0.2) is 6.61 Å². The first-order valence-electron chi connectivity index (χ1n) is 6.20. The predicted molar refractivity (Wildman–Crippen MR) is 77.5 cm³/mol. The summed E-state index contributed by atoms with van der Waals surface area (Å²) in [6, 6.07) is 14.8. The van der Waals surface area contributed by atoms with Gasteiger partial charge in [0.15, 0.2) is 0 Å². The third-order valence-corrected chi connectivity index (χ3v) is 5.16. The van der Waals surface area contributed by atoms with Gasteiger partial charge in [-0.3, -0.25) is 4.52 Å². The molecule has 0 aromatic heterocycles. The standard InChI is InChI=1S/C14H13O4PS/c1-2-16-19(15)17-11-7-3-5-9-13(11)20-14-10-6-4-8-12(14)18-19/h3-10H,2H2,1H3. The molecular weight excluding hydrogens is 295 g/mol. The molecule has 1 aliphatic rings. The number of phosphoric ester groups is 1. The molecule has 2 aromatic rings. The Labute approximate surface area is 121 Å². The third-order valence-electron chi connectivity index (χ3n) is 2.63. The van der Waals surface area contributed by atoms with Gasteiger partial charge in [-0.05, 0) is 31.2 Å². The summed E-state index contributed by atoms with van der Waals surface area (Å²) < 4.78 is 28.9. The van der Waals surface area contributed by atoms with Gasteiger partial charge in [-0.15, -0.1) is 0 Å². The summed E-state index contributed by atoms with van der Waals surface area (Å²) >= 11 is 1.51. The van der Waals surface area contributed by atoms with Crippen molar-refractivity contribution in [3.63, 3.8) is 0 Å². The Balaban J connectivity index is 2.12. The maximum Gasteiger partial charge on any atom is 0.587 e. The fourth-order valence-corrected chi connectivity index (χ4v) is 4.14. The highest BCUT2D eigenvalue weighted by Gasteiger charge is 2.33. The molecule has 2 aromatic carbocycles. The Hall–Kier alpha value is -1.42. The van der Waals surface area contributed by atoms with E-state index in [9.17, 15) is 4.57 Å². The molecule has 0 saturated carbocycles. The lowest BCUT2D eigenvalue weighted by Gasteiger charge is -2.23. The second-order valence-corrected chi connectivity index (χ2v) is 6.64. The fraction of sp³-hybridized carbons (Fsp3) is 0.143. The number of para-hydroxylation sites is 2. The second kappa shape index (κ2) is 5.52. The van der Waals surface area contributed by atoms with Crippen molar-refractivity contribution < 1.29 is 18.1 Å². The average Bonchev–Trinajstić information content (AvgIpc) is 2.41. The van der Waals surface area contributed by atoms with Gasteiger partial charge in [-0.25, -0.2) is 4.57 Å². The molecule has 6 heteroatoms. The monoisotopic (exact) mass is 308 g/mol. The van der Waals surface area contributed by atoms with E-state index in [-0.39, 0.29) is 6.61 Å². The third kappa shape index (κ3) is 2.70. The van der Waals surface area contributed by atoms with E-state index in [0.717, 1.165) is 9.79 Å². The van der Waals surface area contributed by atoms with Crippen molar-refractivity contribution in [2.24, 2.45) is 0 Å². The molecular formula is C14H13O4PS. The van der Waals surface area contributed by atoms with E-state index in [2.05, 4.69) is 0 Å². The molecule has 20 heavy (non-hydrogen) atoms. The van der Waals surface area contributed by atoms with E-state index in [1.165, 1.54) is 11.8 Å². The van der Waals surface area contributed by atoms with E-state index >= 15 is 0 Å². The molecule has 1 heterocycles. The maximum atomic E-state index is 12.7. The molecule has 0 atom stereocenters.